The molecule has 5 heteroatoms. The molecule has 2 heterocycles. The SMILES string of the molecule is O=C(O)C1CCCCN1C(=O)CCC1CCCCN1. The molecule has 0 radical (unpaired) electrons. The van der Waals surface area contributed by atoms with Gasteiger partial charge in [-0.25, -0.2) is 4.79 Å². The predicted molar refractivity (Wildman–Crippen MR) is 71.9 cm³/mol. The number of carboxylic acid groups (broad SMARTS) is 1. The standard InChI is InChI=1S/C14H24N2O3/c17-13(8-7-11-5-1-3-9-15-11)16-10-4-2-6-12(16)14(18)19/h11-12,15H,1-10H2,(H,18,19). The number of hydrogen-bond acceptors (Lipinski definition) is 3. The Kier molecular flexibility index (Phi) is 5.19. The second-order valence-corrected chi connectivity index (χ2v) is 5.62. The third kappa shape index (κ3) is 3.93. The smallest absolute Gasteiger partial charge is 0.326 e. The zero-order valence-electron chi connectivity index (χ0n) is 11.4. The molecule has 2 N–H and O–H groups in total. The lowest BCUT2D eigenvalue weighted by Crippen LogP contribution is -2.48. The summed E-state index contributed by atoms with van der Waals surface area (Å²) in [4.78, 5) is 24.9. The van der Waals surface area contributed by atoms with Crippen molar-refractivity contribution in [2.75, 3.05) is 13.1 Å². The van der Waals surface area contributed by atoms with E-state index in [2.05, 4.69) is 5.32 Å². The summed E-state index contributed by atoms with van der Waals surface area (Å²) >= 11 is 0. The maximum Gasteiger partial charge on any atom is 0.326 e. The van der Waals surface area contributed by atoms with Gasteiger partial charge in [0.1, 0.15) is 6.04 Å². The molecule has 0 spiro atoms. The Balaban J connectivity index is 1.81. The second-order valence-electron chi connectivity index (χ2n) is 5.62. The summed E-state index contributed by atoms with van der Waals surface area (Å²) in [6, 6.07) is -0.161. The van der Waals surface area contributed by atoms with Crippen molar-refractivity contribution in [2.24, 2.45) is 0 Å². The molecule has 0 aromatic heterocycles. The van der Waals surface area contributed by atoms with Gasteiger partial charge < -0.3 is 15.3 Å². The number of piperidine rings is 2. The number of rotatable bonds is 4. The number of amides is 1. The fourth-order valence-corrected chi connectivity index (χ4v) is 3.10. The Hall–Kier alpha value is -1.10. The minimum Gasteiger partial charge on any atom is -0.480 e. The molecule has 2 aliphatic heterocycles. The summed E-state index contributed by atoms with van der Waals surface area (Å²) in [5.41, 5.74) is 0. The van der Waals surface area contributed by atoms with Crippen molar-refractivity contribution in [3.8, 4) is 0 Å². The Labute approximate surface area is 114 Å². The number of nitrogens with zero attached hydrogens (tertiary/aromatic N) is 1. The van der Waals surface area contributed by atoms with Crippen molar-refractivity contribution in [1.29, 1.82) is 0 Å². The molecule has 0 aliphatic carbocycles. The predicted octanol–water partition coefficient (Wildman–Crippen LogP) is 1.37. The molecule has 0 bridgehead atoms. The number of carboxylic acids is 1. The average molecular weight is 268 g/mol. The summed E-state index contributed by atoms with van der Waals surface area (Å²) in [7, 11) is 0. The molecule has 5 nitrogen and oxygen atoms in total. The van der Waals surface area contributed by atoms with Gasteiger partial charge in [0.05, 0.1) is 0 Å². The molecule has 2 atom stereocenters. The fourth-order valence-electron chi connectivity index (χ4n) is 3.10. The van der Waals surface area contributed by atoms with Gasteiger partial charge in [-0.3, -0.25) is 4.79 Å². The number of likely N-dealkylation sites (tertiary alicyclic amines) is 1. The zero-order chi connectivity index (χ0) is 13.7. The van der Waals surface area contributed by atoms with Crippen molar-refractivity contribution in [3.63, 3.8) is 0 Å². The van der Waals surface area contributed by atoms with E-state index in [-0.39, 0.29) is 5.91 Å². The van der Waals surface area contributed by atoms with Crippen LogP contribution in [0.15, 0.2) is 0 Å². The lowest BCUT2D eigenvalue weighted by atomic mass is 9.98. The van der Waals surface area contributed by atoms with Crippen LogP contribution in [0.5, 0.6) is 0 Å². The quantitative estimate of drug-likeness (QED) is 0.808. The Morgan fingerprint density at radius 2 is 1.95 bits per heavy atom. The first-order valence-electron chi connectivity index (χ1n) is 7.44. The van der Waals surface area contributed by atoms with Crippen molar-refractivity contribution in [3.05, 3.63) is 0 Å². The summed E-state index contributed by atoms with van der Waals surface area (Å²) in [5, 5.41) is 12.6. The van der Waals surface area contributed by atoms with E-state index in [0.717, 1.165) is 32.2 Å². The van der Waals surface area contributed by atoms with Gasteiger partial charge in [0.25, 0.3) is 0 Å². The maximum absolute atomic E-state index is 12.2. The third-order valence-corrected chi connectivity index (χ3v) is 4.23. The third-order valence-electron chi connectivity index (χ3n) is 4.23. The first kappa shape index (κ1) is 14.3. The Morgan fingerprint density at radius 3 is 2.63 bits per heavy atom. The highest BCUT2D eigenvalue weighted by atomic mass is 16.4. The molecule has 2 saturated heterocycles. The molecule has 2 rings (SSSR count). The van der Waals surface area contributed by atoms with Crippen molar-refractivity contribution < 1.29 is 14.7 Å². The Bertz CT molecular complexity index is 327. The summed E-state index contributed by atoms with van der Waals surface area (Å²) in [5.74, 6) is -0.844. The number of aliphatic carboxylic acids is 1. The summed E-state index contributed by atoms with van der Waals surface area (Å²) < 4.78 is 0. The lowest BCUT2D eigenvalue weighted by molar-refractivity contribution is -0.152. The van der Waals surface area contributed by atoms with E-state index in [4.69, 9.17) is 5.11 Å². The molecule has 2 unspecified atom stereocenters. The van der Waals surface area contributed by atoms with Gasteiger partial charge in [0.15, 0.2) is 0 Å². The van der Waals surface area contributed by atoms with Crippen LogP contribution >= 0.6 is 0 Å². The van der Waals surface area contributed by atoms with Crippen LogP contribution in [0.3, 0.4) is 0 Å². The highest BCUT2D eigenvalue weighted by Gasteiger charge is 2.31. The topological polar surface area (TPSA) is 69.6 Å². The van der Waals surface area contributed by atoms with Crippen LogP contribution in [0.4, 0.5) is 0 Å². The number of carbonyl (C=O) groups is 2. The molecule has 0 aromatic rings. The molecule has 2 aliphatic rings. The van der Waals surface area contributed by atoms with E-state index in [1.807, 2.05) is 0 Å². The van der Waals surface area contributed by atoms with E-state index >= 15 is 0 Å². The fraction of sp³-hybridized carbons (Fsp3) is 0.857. The normalized spacial score (nSPS) is 28.1. The molecular formula is C14H24N2O3. The van der Waals surface area contributed by atoms with E-state index in [1.165, 1.54) is 12.8 Å². The molecule has 1 amide bonds. The summed E-state index contributed by atoms with van der Waals surface area (Å²) in [6.45, 7) is 1.65. The van der Waals surface area contributed by atoms with Crippen LogP contribution in [0.2, 0.25) is 0 Å². The number of nitrogens with one attached hydrogen (secondary N) is 1. The first-order chi connectivity index (χ1) is 9.18. The maximum atomic E-state index is 12.2. The van der Waals surface area contributed by atoms with Gasteiger partial charge >= 0.3 is 5.97 Å². The first-order valence-corrected chi connectivity index (χ1v) is 7.44. The van der Waals surface area contributed by atoms with E-state index in [1.54, 1.807) is 4.90 Å². The molecule has 2 fully saturated rings. The molecule has 19 heavy (non-hydrogen) atoms. The number of hydrogen-bond donors (Lipinski definition) is 2. The molecule has 0 saturated carbocycles. The van der Waals surface area contributed by atoms with Gasteiger partial charge in [0.2, 0.25) is 5.91 Å². The molecule has 108 valence electrons. The van der Waals surface area contributed by atoms with Crippen LogP contribution in [-0.2, 0) is 9.59 Å². The van der Waals surface area contributed by atoms with Crippen LogP contribution in [0, 0.1) is 0 Å². The van der Waals surface area contributed by atoms with Gasteiger partial charge in [-0.2, -0.15) is 0 Å². The van der Waals surface area contributed by atoms with Crippen molar-refractivity contribution in [1.82, 2.24) is 10.2 Å². The van der Waals surface area contributed by atoms with E-state index in [9.17, 15) is 9.59 Å². The van der Waals surface area contributed by atoms with E-state index in [0.29, 0.717) is 25.4 Å². The largest absolute Gasteiger partial charge is 0.480 e. The second kappa shape index (κ2) is 6.89. The zero-order valence-corrected chi connectivity index (χ0v) is 11.4. The van der Waals surface area contributed by atoms with Crippen LogP contribution in [-0.4, -0.2) is 47.1 Å². The average Bonchev–Trinajstić information content (AvgIpc) is 2.46. The minimum atomic E-state index is -0.858. The molecule has 0 aromatic carbocycles. The van der Waals surface area contributed by atoms with Gasteiger partial charge in [-0.1, -0.05) is 6.42 Å². The van der Waals surface area contributed by atoms with Gasteiger partial charge in [-0.15, -0.1) is 0 Å². The Morgan fingerprint density at radius 1 is 1.16 bits per heavy atom. The van der Waals surface area contributed by atoms with Crippen molar-refractivity contribution >= 4 is 11.9 Å². The highest BCUT2D eigenvalue weighted by Crippen LogP contribution is 2.20. The van der Waals surface area contributed by atoms with Crippen molar-refractivity contribution in [2.45, 2.75) is 63.5 Å². The highest BCUT2D eigenvalue weighted by molar-refractivity contribution is 5.83. The monoisotopic (exact) mass is 268 g/mol. The van der Waals surface area contributed by atoms with Crippen LogP contribution in [0.25, 0.3) is 0 Å². The lowest BCUT2D eigenvalue weighted by Gasteiger charge is -2.33. The van der Waals surface area contributed by atoms with Gasteiger partial charge in [-0.05, 0) is 45.1 Å². The molecular weight excluding hydrogens is 244 g/mol. The van der Waals surface area contributed by atoms with Crippen LogP contribution in [0.1, 0.15) is 51.4 Å². The van der Waals surface area contributed by atoms with Crippen LogP contribution < -0.4 is 5.32 Å². The van der Waals surface area contributed by atoms with E-state index < -0.39 is 12.0 Å². The summed E-state index contributed by atoms with van der Waals surface area (Å²) in [6.07, 6.45) is 7.33. The number of carbonyl (C=O) groups excluding carboxylic acids is 1. The minimum absolute atomic E-state index is 0.0134. The van der Waals surface area contributed by atoms with Gasteiger partial charge in [0, 0.05) is 19.0 Å².